The van der Waals surface area contributed by atoms with Gasteiger partial charge in [0.05, 0.1) is 13.2 Å². The molecule has 9 heteroatoms. The van der Waals surface area contributed by atoms with Crippen LogP contribution in [0.1, 0.15) is 32.3 Å². The standard InChI is InChI=1S/C18H27N3O6/c1-4-15-16(19)7-5-8-17(15)26-12-14(22)11-20(13(2)3)18(23)9-6-10-27-21(24)25/h4-5,7-8,13-14,22H,1,6,9-12,19H2,2-3H3. The summed E-state index contributed by atoms with van der Waals surface area (Å²) in [5.41, 5.74) is 7.02. The molecule has 9 nitrogen and oxygen atoms in total. The molecule has 1 rings (SSSR count). The summed E-state index contributed by atoms with van der Waals surface area (Å²) in [6.07, 6.45) is 0.982. The van der Waals surface area contributed by atoms with Gasteiger partial charge in [-0.05, 0) is 32.4 Å². The van der Waals surface area contributed by atoms with E-state index in [1.54, 1.807) is 24.3 Å². The van der Waals surface area contributed by atoms with Crippen LogP contribution in [-0.4, -0.2) is 52.9 Å². The van der Waals surface area contributed by atoms with Gasteiger partial charge in [0.15, 0.2) is 0 Å². The summed E-state index contributed by atoms with van der Waals surface area (Å²) in [5.74, 6) is 0.287. The molecule has 0 heterocycles. The predicted octanol–water partition coefficient (Wildman–Crippen LogP) is 1.88. The van der Waals surface area contributed by atoms with Gasteiger partial charge in [-0.3, -0.25) is 4.79 Å². The maximum Gasteiger partial charge on any atom is 0.294 e. The first-order chi connectivity index (χ1) is 12.8. The van der Waals surface area contributed by atoms with Gasteiger partial charge >= 0.3 is 0 Å². The van der Waals surface area contributed by atoms with Crippen LogP contribution in [0.25, 0.3) is 6.08 Å². The van der Waals surface area contributed by atoms with E-state index < -0.39 is 11.2 Å². The number of benzene rings is 1. The number of hydrogen-bond acceptors (Lipinski definition) is 7. The summed E-state index contributed by atoms with van der Waals surface area (Å²) in [4.78, 5) is 28.1. The molecule has 27 heavy (non-hydrogen) atoms. The van der Waals surface area contributed by atoms with Crippen molar-refractivity contribution in [1.29, 1.82) is 0 Å². The van der Waals surface area contributed by atoms with Crippen LogP contribution in [0.15, 0.2) is 24.8 Å². The van der Waals surface area contributed by atoms with E-state index in [2.05, 4.69) is 11.4 Å². The average Bonchev–Trinajstić information content (AvgIpc) is 2.60. The Morgan fingerprint density at radius 3 is 2.78 bits per heavy atom. The Morgan fingerprint density at radius 2 is 2.19 bits per heavy atom. The topological polar surface area (TPSA) is 128 Å². The highest BCUT2D eigenvalue weighted by Gasteiger charge is 2.21. The first-order valence-electron chi connectivity index (χ1n) is 8.64. The monoisotopic (exact) mass is 381 g/mol. The van der Waals surface area contributed by atoms with Crippen molar-refractivity contribution in [3.63, 3.8) is 0 Å². The number of nitrogen functional groups attached to an aromatic ring is 1. The van der Waals surface area contributed by atoms with Crippen molar-refractivity contribution in [2.45, 2.75) is 38.8 Å². The Hall–Kier alpha value is -2.81. The Morgan fingerprint density at radius 1 is 1.48 bits per heavy atom. The van der Waals surface area contributed by atoms with E-state index in [9.17, 15) is 20.0 Å². The first-order valence-corrected chi connectivity index (χ1v) is 8.64. The third-order valence-electron chi connectivity index (χ3n) is 3.82. The van der Waals surface area contributed by atoms with Gasteiger partial charge in [0.2, 0.25) is 5.91 Å². The van der Waals surface area contributed by atoms with Gasteiger partial charge in [-0.1, -0.05) is 18.7 Å². The molecule has 0 fully saturated rings. The van der Waals surface area contributed by atoms with Gasteiger partial charge in [0, 0.05) is 23.7 Å². The summed E-state index contributed by atoms with van der Waals surface area (Å²) < 4.78 is 5.62. The molecule has 0 aliphatic carbocycles. The van der Waals surface area contributed by atoms with Crippen LogP contribution in [0.5, 0.6) is 5.75 Å². The molecule has 1 aromatic carbocycles. The number of amides is 1. The number of carbonyl (C=O) groups is 1. The first kappa shape index (κ1) is 22.2. The molecule has 0 aliphatic heterocycles. The second kappa shape index (κ2) is 11.0. The van der Waals surface area contributed by atoms with E-state index in [4.69, 9.17) is 10.5 Å². The van der Waals surface area contributed by atoms with Crippen LogP contribution in [0, 0.1) is 10.1 Å². The van der Waals surface area contributed by atoms with Crippen molar-refractivity contribution >= 4 is 17.7 Å². The van der Waals surface area contributed by atoms with E-state index >= 15 is 0 Å². The Bertz CT molecular complexity index is 650. The highest BCUT2D eigenvalue weighted by molar-refractivity contribution is 5.76. The summed E-state index contributed by atoms with van der Waals surface area (Å²) in [5, 5.41) is 19.5. The molecule has 0 spiro atoms. The molecule has 1 aromatic rings. The zero-order valence-corrected chi connectivity index (χ0v) is 15.7. The lowest BCUT2D eigenvalue weighted by molar-refractivity contribution is -0.757. The highest BCUT2D eigenvalue weighted by Crippen LogP contribution is 2.25. The predicted molar refractivity (Wildman–Crippen MR) is 101 cm³/mol. The number of aliphatic hydroxyl groups excluding tert-OH is 1. The van der Waals surface area contributed by atoms with Gasteiger partial charge < -0.3 is 25.3 Å². The van der Waals surface area contributed by atoms with Crippen LogP contribution in [0.4, 0.5) is 5.69 Å². The molecule has 0 radical (unpaired) electrons. The zero-order chi connectivity index (χ0) is 20.4. The maximum atomic E-state index is 12.3. The number of aliphatic hydroxyl groups is 1. The minimum absolute atomic E-state index is 0.0226. The van der Waals surface area contributed by atoms with Gasteiger partial charge in [-0.2, -0.15) is 0 Å². The lowest BCUT2D eigenvalue weighted by Crippen LogP contribution is -2.43. The Kier molecular flexibility index (Phi) is 9.07. The van der Waals surface area contributed by atoms with Crippen molar-refractivity contribution in [1.82, 2.24) is 4.90 Å². The lowest BCUT2D eigenvalue weighted by Gasteiger charge is -2.29. The minimum Gasteiger partial charge on any atom is -0.490 e. The maximum absolute atomic E-state index is 12.3. The number of ether oxygens (including phenoxy) is 1. The molecule has 3 N–H and O–H groups in total. The molecule has 1 unspecified atom stereocenters. The summed E-state index contributed by atoms with van der Waals surface area (Å²) in [7, 11) is 0. The third-order valence-corrected chi connectivity index (χ3v) is 3.82. The second-order valence-corrected chi connectivity index (χ2v) is 6.23. The number of rotatable bonds is 12. The molecule has 1 amide bonds. The average molecular weight is 381 g/mol. The summed E-state index contributed by atoms with van der Waals surface area (Å²) in [6, 6.07) is 5.05. The molecule has 0 aromatic heterocycles. The van der Waals surface area contributed by atoms with Crippen molar-refractivity contribution in [2.24, 2.45) is 0 Å². The van der Waals surface area contributed by atoms with Gasteiger partial charge in [-0.15, -0.1) is 10.1 Å². The van der Waals surface area contributed by atoms with Crippen molar-refractivity contribution in [3.8, 4) is 5.75 Å². The fourth-order valence-corrected chi connectivity index (χ4v) is 2.48. The molecule has 150 valence electrons. The van der Waals surface area contributed by atoms with Crippen molar-refractivity contribution < 1.29 is 24.6 Å². The van der Waals surface area contributed by atoms with Crippen molar-refractivity contribution in [2.75, 3.05) is 25.5 Å². The van der Waals surface area contributed by atoms with Crippen LogP contribution in [0.3, 0.4) is 0 Å². The van der Waals surface area contributed by atoms with E-state index in [1.165, 1.54) is 4.90 Å². The van der Waals surface area contributed by atoms with Gasteiger partial charge in [0.1, 0.15) is 18.5 Å². The number of carbonyl (C=O) groups excluding carboxylic acids is 1. The fourth-order valence-electron chi connectivity index (χ4n) is 2.48. The highest BCUT2D eigenvalue weighted by atomic mass is 16.9. The van der Waals surface area contributed by atoms with E-state index in [0.29, 0.717) is 17.0 Å². The molecule has 0 saturated carbocycles. The van der Waals surface area contributed by atoms with Crippen LogP contribution in [0.2, 0.25) is 0 Å². The smallest absolute Gasteiger partial charge is 0.294 e. The molecule has 1 atom stereocenters. The molecule has 0 aliphatic rings. The van der Waals surface area contributed by atoms with Crippen LogP contribution < -0.4 is 10.5 Å². The Balaban J connectivity index is 2.56. The van der Waals surface area contributed by atoms with Crippen LogP contribution >= 0.6 is 0 Å². The zero-order valence-electron chi connectivity index (χ0n) is 15.7. The summed E-state index contributed by atoms with van der Waals surface area (Å²) in [6.45, 7) is 7.26. The normalized spacial score (nSPS) is 11.7. The number of hydrogen-bond donors (Lipinski definition) is 2. The largest absolute Gasteiger partial charge is 0.490 e. The quantitative estimate of drug-likeness (QED) is 0.245. The fraction of sp³-hybridized carbons (Fsp3) is 0.500. The minimum atomic E-state index is -0.912. The molecule has 0 saturated heterocycles. The van der Waals surface area contributed by atoms with E-state index in [-0.39, 0.29) is 44.5 Å². The molecular formula is C18H27N3O6. The molecule has 0 bridgehead atoms. The van der Waals surface area contributed by atoms with E-state index in [0.717, 1.165) is 0 Å². The van der Waals surface area contributed by atoms with Gasteiger partial charge in [-0.25, -0.2) is 0 Å². The van der Waals surface area contributed by atoms with Crippen molar-refractivity contribution in [3.05, 3.63) is 40.5 Å². The lowest BCUT2D eigenvalue weighted by atomic mass is 10.1. The van der Waals surface area contributed by atoms with Crippen LogP contribution in [-0.2, 0) is 9.63 Å². The summed E-state index contributed by atoms with van der Waals surface area (Å²) >= 11 is 0. The van der Waals surface area contributed by atoms with Gasteiger partial charge in [0.25, 0.3) is 5.09 Å². The molecular weight excluding hydrogens is 354 g/mol. The second-order valence-electron chi connectivity index (χ2n) is 6.23. The Labute approximate surface area is 158 Å². The number of nitrogens with two attached hydrogens (primary N) is 1. The van der Waals surface area contributed by atoms with E-state index in [1.807, 2.05) is 13.8 Å². The number of nitrogens with zero attached hydrogens (tertiary/aromatic N) is 2. The number of anilines is 1. The SMILES string of the molecule is C=Cc1c(N)cccc1OCC(O)CN(C(=O)CCCO[N+](=O)[O-])C(C)C. The third kappa shape index (κ3) is 7.53.